The van der Waals surface area contributed by atoms with Crippen LogP contribution < -0.4 is 4.89 Å². The fraction of sp³-hybridized carbons (Fsp3) is 0.758. The van der Waals surface area contributed by atoms with Crippen molar-refractivity contribution in [3.63, 3.8) is 0 Å². The van der Waals surface area contributed by atoms with Crippen LogP contribution in [0.3, 0.4) is 0 Å². The molecule has 0 fully saturated rings. The maximum Gasteiger partial charge on any atom is 0.306 e. The van der Waals surface area contributed by atoms with Gasteiger partial charge in [-0.15, -0.1) is 0 Å². The van der Waals surface area contributed by atoms with E-state index < -0.39 is 13.9 Å². The molecule has 0 bridgehead atoms. The maximum absolute atomic E-state index is 12.8. The van der Waals surface area contributed by atoms with Gasteiger partial charge >= 0.3 is 5.97 Å². The number of hydrogen-bond donors (Lipinski definition) is 0. The first-order valence-electron chi connectivity index (χ1n) is 29.3. The summed E-state index contributed by atoms with van der Waals surface area (Å²) in [5.41, 5.74) is 0. The molecule has 0 saturated heterocycles. The van der Waals surface area contributed by atoms with Gasteiger partial charge in [-0.3, -0.25) is 9.36 Å². The lowest BCUT2D eigenvalue weighted by molar-refractivity contribution is -0.870. The number of quaternary nitrogens is 1. The highest BCUT2D eigenvalue weighted by atomic mass is 31.2. The summed E-state index contributed by atoms with van der Waals surface area (Å²) in [6.45, 7) is 5.28. The fourth-order valence-electron chi connectivity index (χ4n) is 7.96. The third-order valence-corrected chi connectivity index (χ3v) is 13.4. The lowest BCUT2D eigenvalue weighted by atomic mass is 10.0. The van der Waals surface area contributed by atoms with E-state index >= 15 is 0 Å². The van der Waals surface area contributed by atoms with Gasteiger partial charge in [-0.2, -0.15) is 0 Å². The Morgan fingerprint density at radius 1 is 0.451 bits per heavy atom. The molecule has 0 amide bonds. The number of carbonyl (C=O) groups is 1. The Morgan fingerprint density at radius 2 is 0.817 bits per heavy atom. The number of unbranched alkanes of at least 4 members (excludes halogenated alkanes) is 26. The summed E-state index contributed by atoms with van der Waals surface area (Å²) >= 11 is 0. The van der Waals surface area contributed by atoms with E-state index in [2.05, 4.69) is 98.9 Å². The Kier molecular flexibility index (Phi) is 52.2. The van der Waals surface area contributed by atoms with E-state index in [-0.39, 0.29) is 32.2 Å². The third-order valence-electron chi connectivity index (χ3n) is 12.4. The van der Waals surface area contributed by atoms with Crippen molar-refractivity contribution >= 4 is 13.8 Å². The molecule has 0 aliphatic rings. The predicted molar refractivity (Wildman–Crippen MR) is 305 cm³/mol. The molecule has 2 atom stereocenters. The van der Waals surface area contributed by atoms with Crippen LogP contribution in [-0.2, 0) is 27.9 Å². The average molecular weight is 1010 g/mol. The van der Waals surface area contributed by atoms with Gasteiger partial charge in [-0.1, -0.05) is 234 Å². The van der Waals surface area contributed by atoms with Gasteiger partial charge < -0.3 is 27.9 Å². The largest absolute Gasteiger partial charge is 0.756 e. The minimum Gasteiger partial charge on any atom is -0.756 e. The van der Waals surface area contributed by atoms with Crippen molar-refractivity contribution in [2.45, 2.75) is 251 Å². The molecule has 412 valence electrons. The molecule has 2 unspecified atom stereocenters. The van der Waals surface area contributed by atoms with Gasteiger partial charge in [0.1, 0.15) is 19.3 Å². The fourth-order valence-corrected chi connectivity index (χ4v) is 8.69. The molecular formula is C62H112NO7P. The molecule has 0 rings (SSSR count). The van der Waals surface area contributed by atoms with Crippen molar-refractivity contribution < 1.29 is 37.3 Å². The number of nitrogens with zero attached hydrogens (tertiary/aromatic N) is 1. The zero-order valence-corrected chi connectivity index (χ0v) is 47.8. The quantitative estimate of drug-likeness (QED) is 0.0197. The first-order valence-corrected chi connectivity index (χ1v) is 30.8. The van der Waals surface area contributed by atoms with Gasteiger partial charge in [0.25, 0.3) is 7.82 Å². The van der Waals surface area contributed by atoms with Crippen molar-refractivity contribution in [1.29, 1.82) is 0 Å². The summed E-state index contributed by atoms with van der Waals surface area (Å²) in [5, 5.41) is 0. The van der Waals surface area contributed by atoms with Crippen LogP contribution in [0.15, 0.2) is 85.1 Å². The van der Waals surface area contributed by atoms with Crippen LogP contribution in [0.1, 0.15) is 245 Å². The van der Waals surface area contributed by atoms with Crippen LogP contribution in [0, 0.1) is 0 Å². The highest BCUT2D eigenvalue weighted by Crippen LogP contribution is 2.38. The van der Waals surface area contributed by atoms with Gasteiger partial charge in [0.15, 0.2) is 0 Å². The van der Waals surface area contributed by atoms with E-state index in [9.17, 15) is 14.3 Å². The van der Waals surface area contributed by atoms with Gasteiger partial charge in [0.2, 0.25) is 0 Å². The van der Waals surface area contributed by atoms with Crippen molar-refractivity contribution in [1.82, 2.24) is 0 Å². The van der Waals surface area contributed by atoms with E-state index in [1.807, 2.05) is 21.1 Å². The maximum atomic E-state index is 12.8. The SMILES string of the molecule is CC/C=C\C/C=C\C/C=C\C/C=C\C/C=C\C/C=C\CCCCCCC(=O)OC(COCCCCCCCCCCCCCCCC/C=C\CCCCCCCCCC)COP(=O)([O-])OCC[N+](C)(C)C. The zero-order valence-electron chi connectivity index (χ0n) is 46.9. The Balaban J connectivity index is 4.12. The standard InChI is InChI=1S/C62H112NO7P/c1-6-8-10-12-14-16-18-20-22-24-26-28-30-31-32-34-36-38-40-42-44-46-48-50-52-54-57-67-59-61(60-69-71(65,66)68-58-56-63(3,4)5)70-62(64)55-53-51-49-47-45-43-41-39-37-35-33-29-27-25-23-21-19-17-15-13-11-9-7-2/h9,11,15,17,21,23-24,26-27,29,35,37,41,43,61H,6-8,10,12-14,16,18-20,22,25,28,30-34,36,38-40,42,44-60H2,1-5H3/b11-9-,17-15-,23-21-,26-24-,29-27-,37-35-,43-41-. The zero-order chi connectivity index (χ0) is 51.9. The smallest absolute Gasteiger partial charge is 0.306 e. The van der Waals surface area contributed by atoms with Crippen LogP contribution in [0.4, 0.5) is 0 Å². The van der Waals surface area contributed by atoms with Crippen molar-refractivity contribution in [2.24, 2.45) is 0 Å². The van der Waals surface area contributed by atoms with Crippen molar-refractivity contribution in [3.05, 3.63) is 85.1 Å². The van der Waals surface area contributed by atoms with Crippen LogP contribution in [0.5, 0.6) is 0 Å². The predicted octanol–water partition coefficient (Wildman–Crippen LogP) is 18.1. The highest BCUT2D eigenvalue weighted by Gasteiger charge is 2.20. The van der Waals surface area contributed by atoms with Gasteiger partial charge in [0, 0.05) is 13.0 Å². The van der Waals surface area contributed by atoms with Gasteiger partial charge in [0.05, 0.1) is 34.4 Å². The summed E-state index contributed by atoms with van der Waals surface area (Å²) in [6.07, 6.45) is 73.5. The first-order chi connectivity index (χ1) is 34.6. The second-order valence-corrected chi connectivity index (χ2v) is 22.0. The molecule has 0 aliphatic carbocycles. The number of phosphoric ester groups is 1. The molecule has 0 N–H and O–H groups in total. The molecule has 0 aromatic rings. The van der Waals surface area contributed by atoms with Crippen molar-refractivity contribution in [2.75, 3.05) is 54.1 Å². The Labute approximate surface area is 439 Å². The van der Waals surface area contributed by atoms with E-state index in [0.29, 0.717) is 17.6 Å². The third kappa shape index (κ3) is 58.4. The van der Waals surface area contributed by atoms with Crippen LogP contribution in [-0.4, -0.2) is 70.7 Å². The molecule has 9 heteroatoms. The molecule has 0 radical (unpaired) electrons. The van der Waals surface area contributed by atoms with E-state index in [1.165, 1.54) is 141 Å². The molecule has 71 heavy (non-hydrogen) atoms. The molecule has 8 nitrogen and oxygen atoms in total. The van der Waals surface area contributed by atoms with E-state index in [4.69, 9.17) is 18.5 Å². The van der Waals surface area contributed by atoms with Crippen LogP contribution in [0.25, 0.3) is 0 Å². The summed E-state index contributed by atoms with van der Waals surface area (Å²) in [4.78, 5) is 25.3. The molecule has 0 aliphatic heterocycles. The summed E-state index contributed by atoms with van der Waals surface area (Å²) in [5.74, 6) is -0.357. The second kappa shape index (κ2) is 54.0. The number of phosphoric acid groups is 1. The topological polar surface area (TPSA) is 94.1 Å². The van der Waals surface area contributed by atoms with Crippen molar-refractivity contribution in [3.8, 4) is 0 Å². The van der Waals surface area contributed by atoms with E-state index in [1.54, 1.807) is 0 Å². The number of ether oxygens (including phenoxy) is 2. The summed E-state index contributed by atoms with van der Waals surface area (Å²) < 4.78 is 34.8. The number of esters is 1. The van der Waals surface area contributed by atoms with Gasteiger partial charge in [-0.05, 0) is 89.9 Å². The summed E-state index contributed by atoms with van der Waals surface area (Å²) in [6, 6.07) is 0. The number of allylic oxidation sites excluding steroid dienone is 14. The molecule has 0 spiro atoms. The number of likely N-dealkylation sites (N-methyl/N-ethyl adjacent to an activating group) is 1. The molecule has 0 saturated carbocycles. The Hall–Kier alpha value is -2.32. The Bertz CT molecular complexity index is 1410. The van der Waals surface area contributed by atoms with E-state index in [0.717, 1.165) is 83.5 Å². The van der Waals surface area contributed by atoms with Crippen LogP contribution >= 0.6 is 7.82 Å². The molecular weight excluding hydrogens is 902 g/mol. The van der Waals surface area contributed by atoms with Gasteiger partial charge in [-0.25, -0.2) is 0 Å². The Morgan fingerprint density at radius 3 is 1.24 bits per heavy atom. The minimum absolute atomic E-state index is 0.0172. The lowest BCUT2D eigenvalue weighted by Gasteiger charge is -2.28. The number of rotatable bonds is 54. The number of carbonyl (C=O) groups excluding carboxylic acids is 1. The second-order valence-electron chi connectivity index (χ2n) is 20.6. The molecule has 0 heterocycles. The molecule has 0 aromatic carbocycles. The average Bonchev–Trinajstić information content (AvgIpc) is 3.33. The first kappa shape index (κ1) is 68.7. The molecule has 0 aromatic heterocycles. The summed E-state index contributed by atoms with van der Waals surface area (Å²) in [7, 11) is 1.33. The highest BCUT2D eigenvalue weighted by molar-refractivity contribution is 7.45. The number of hydrogen-bond acceptors (Lipinski definition) is 7. The lowest BCUT2D eigenvalue weighted by Crippen LogP contribution is -2.37. The van der Waals surface area contributed by atoms with Crippen LogP contribution in [0.2, 0.25) is 0 Å². The normalized spacial score (nSPS) is 14.1. The monoisotopic (exact) mass is 1010 g/mol. The minimum atomic E-state index is -4.55.